The van der Waals surface area contributed by atoms with Crippen LogP contribution in [-0.2, 0) is 9.59 Å². The number of nitrogens with one attached hydrogen (secondary N) is 1. The standard InChI is InChI=1S/C22H34N2O3/c1-15-7-8-16(2)21(17(15)3)27-14-19(25)23-18-9-11-24(12-10-18)20(26)13-22(4,5)6/h7-8,18H,9-14H2,1-6H3,(H,23,25). The number of rotatable bonds is 5. The van der Waals surface area contributed by atoms with Crippen molar-refractivity contribution >= 4 is 11.8 Å². The topological polar surface area (TPSA) is 58.6 Å². The van der Waals surface area contributed by atoms with E-state index in [2.05, 4.69) is 32.2 Å². The molecule has 1 heterocycles. The normalized spacial score (nSPS) is 15.6. The summed E-state index contributed by atoms with van der Waals surface area (Å²) in [5.41, 5.74) is 3.28. The minimum absolute atomic E-state index is 0.00550. The van der Waals surface area contributed by atoms with Crippen LogP contribution in [0.25, 0.3) is 0 Å². The van der Waals surface area contributed by atoms with E-state index in [0.717, 1.165) is 35.3 Å². The fourth-order valence-corrected chi connectivity index (χ4v) is 3.39. The molecule has 1 aromatic rings. The average molecular weight is 375 g/mol. The highest BCUT2D eigenvalue weighted by Gasteiger charge is 2.26. The van der Waals surface area contributed by atoms with Crippen LogP contribution < -0.4 is 10.1 Å². The summed E-state index contributed by atoms with van der Waals surface area (Å²) in [4.78, 5) is 26.5. The van der Waals surface area contributed by atoms with Crippen LogP contribution >= 0.6 is 0 Å². The highest BCUT2D eigenvalue weighted by Crippen LogP contribution is 2.25. The van der Waals surface area contributed by atoms with E-state index in [1.165, 1.54) is 0 Å². The van der Waals surface area contributed by atoms with Crippen molar-refractivity contribution in [3.8, 4) is 5.75 Å². The Morgan fingerprint density at radius 1 is 1.11 bits per heavy atom. The van der Waals surface area contributed by atoms with Crippen LogP contribution in [-0.4, -0.2) is 42.5 Å². The third kappa shape index (κ3) is 6.26. The first-order valence-corrected chi connectivity index (χ1v) is 9.83. The molecule has 0 bridgehead atoms. The molecular formula is C22H34N2O3. The molecule has 2 rings (SSSR count). The van der Waals surface area contributed by atoms with Crippen LogP contribution in [0.15, 0.2) is 12.1 Å². The van der Waals surface area contributed by atoms with Gasteiger partial charge in [0.15, 0.2) is 6.61 Å². The predicted octanol–water partition coefficient (Wildman–Crippen LogP) is 3.53. The number of piperidine rings is 1. The lowest BCUT2D eigenvalue weighted by molar-refractivity contribution is -0.134. The third-order valence-corrected chi connectivity index (χ3v) is 5.12. The lowest BCUT2D eigenvalue weighted by Crippen LogP contribution is -2.48. The second-order valence-corrected chi connectivity index (χ2v) is 8.90. The minimum Gasteiger partial charge on any atom is -0.483 e. The number of amides is 2. The number of benzene rings is 1. The summed E-state index contributed by atoms with van der Waals surface area (Å²) < 4.78 is 5.79. The highest BCUT2D eigenvalue weighted by molar-refractivity contribution is 5.78. The van der Waals surface area contributed by atoms with Crippen LogP contribution in [0.4, 0.5) is 0 Å². The molecule has 0 unspecified atom stereocenters. The SMILES string of the molecule is Cc1ccc(C)c(OCC(=O)NC2CCN(C(=O)CC(C)(C)C)CC2)c1C. The van der Waals surface area contributed by atoms with E-state index >= 15 is 0 Å². The third-order valence-electron chi connectivity index (χ3n) is 5.12. The Balaban J connectivity index is 1.78. The minimum atomic E-state index is -0.102. The molecule has 2 amide bonds. The van der Waals surface area contributed by atoms with Gasteiger partial charge in [0.25, 0.3) is 5.91 Å². The van der Waals surface area contributed by atoms with Gasteiger partial charge in [-0.3, -0.25) is 9.59 Å². The van der Waals surface area contributed by atoms with E-state index < -0.39 is 0 Å². The highest BCUT2D eigenvalue weighted by atomic mass is 16.5. The largest absolute Gasteiger partial charge is 0.483 e. The van der Waals surface area contributed by atoms with Crippen molar-refractivity contribution in [3.05, 3.63) is 28.8 Å². The van der Waals surface area contributed by atoms with E-state index in [4.69, 9.17) is 4.74 Å². The van der Waals surface area contributed by atoms with Crippen LogP contribution in [0.1, 0.15) is 56.7 Å². The Morgan fingerprint density at radius 2 is 1.70 bits per heavy atom. The molecule has 0 radical (unpaired) electrons. The zero-order valence-electron chi connectivity index (χ0n) is 17.6. The van der Waals surface area contributed by atoms with Gasteiger partial charge in [-0.15, -0.1) is 0 Å². The van der Waals surface area contributed by atoms with Gasteiger partial charge >= 0.3 is 0 Å². The molecule has 150 valence electrons. The van der Waals surface area contributed by atoms with E-state index in [-0.39, 0.29) is 29.9 Å². The smallest absolute Gasteiger partial charge is 0.258 e. The maximum atomic E-state index is 12.3. The first-order valence-electron chi connectivity index (χ1n) is 9.83. The van der Waals surface area contributed by atoms with Crippen molar-refractivity contribution in [2.75, 3.05) is 19.7 Å². The molecule has 1 N–H and O–H groups in total. The number of carbonyl (C=O) groups is 2. The molecule has 0 atom stereocenters. The van der Waals surface area contributed by atoms with Crippen molar-refractivity contribution in [2.45, 2.75) is 66.8 Å². The Kier molecular flexibility index (Phi) is 6.90. The van der Waals surface area contributed by atoms with Gasteiger partial charge in [-0.1, -0.05) is 32.9 Å². The first-order chi connectivity index (χ1) is 12.6. The number of ether oxygens (including phenoxy) is 1. The summed E-state index contributed by atoms with van der Waals surface area (Å²) in [6, 6.07) is 4.19. The summed E-state index contributed by atoms with van der Waals surface area (Å²) in [5, 5.41) is 3.05. The number of hydrogen-bond acceptors (Lipinski definition) is 3. The zero-order chi connectivity index (χ0) is 20.2. The molecular weight excluding hydrogens is 340 g/mol. The fraction of sp³-hybridized carbons (Fsp3) is 0.636. The lowest BCUT2D eigenvalue weighted by atomic mass is 9.91. The van der Waals surface area contributed by atoms with Crippen LogP contribution in [0.5, 0.6) is 5.75 Å². The van der Waals surface area contributed by atoms with Crippen molar-refractivity contribution in [3.63, 3.8) is 0 Å². The van der Waals surface area contributed by atoms with Crippen LogP contribution in [0, 0.1) is 26.2 Å². The van der Waals surface area contributed by atoms with Crippen LogP contribution in [0.3, 0.4) is 0 Å². The summed E-state index contributed by atoms with van der Waals surface area (Å²) >= 11 is 0. The second-order valence-electron chi connectivity index (χ2n) is 8.90. The van der Waals surface area contributed by atoms with Gasteiger partial charge in [0.2, 0.25) is 5.91 Å². The molecule has 1 saturated heterocycles. The number of hydrogen-bond donors (Lipinski definition) is 1. The molecule has 1 aromatic carbocycles. The molecule has 0 spiro atoms. The lowest BCUT2D eigenvalue weighted by Gasteiger charge is -2.34. The fourth-order valence-electron chi connectivity index (χ4n) is 3.39. The summed E-state index contributed by atoms with van der Waals surface area (Å²) in [6.45, 7) is 13.7. The molecule has 0 aromatic heterocycles. The van der Waals surface area contributed by atoms with Gasteiger partial charge in [0, 0.05) is 25.6 Å². The average Bonchev–Trinajstić information content (AvgIpc) is 2.57. The van der Waals surface area contributed by atoms with E-state index in [1.54, 1.807) is 0 Å². The molecule has 1 fully saturated rings. The monoisotopic (exact) mass is 374 g/mol. The molecule has 1 aliphatic rings. The first kappa shape index (κ1) is 21.3. The second kappa shape index (κ2) is 8.77. The van der Waals surface area contributed by atoms with Crippen LogP contribution in [0.2, 0.25) is 0 Å². The molecule has 27 heavy (non-hydrogen) atoms. The Labute approximate surface area is 163 Å². The van der Waals surface area contributed by atoms with Crippen molar-refractivity contribution in [1.29, 1.82) is 0 Å². The maximum absolute atomic E-state index is 12.3. The van der Waals surface area contributed by atoms with Crippen molar-refractivity contribution in [1.82, 2.24) is 10.2 Å². The van der Waals surface area contributed by atoms with E-state index in [1.807, 2.05) is 31.7 Å². The van der Waals surface area contributed by atoms with Crippen molar-refractivity contribution < 1.29 is 14.3 Å². The van der Waals surface area contributed by atoms with Gasteiger partial charge < -0.3 is 15.0 Å². The molecule has 5 heteroatoms. The van der Waals surface area contributed by atoms with Gasteiger partial charge in [-0.05, 0) is 55.7 Å². The summed E-state index contributed by atoms with van der Waals surface area (Å²) in [7, 11) is 0. The van der Waals surface area contributed by atoms with Gasteiger partial charge in [0.05, 0.1) is 0 Å². The van der Waals surface area contributed by atoms with Gasteiger partial charge in [0.1, 0.15) is 5.75 Å². The molecule has 0 saturated carbocycles. The van der Waals surface area contributed by atoms with Gasteiger partial charge in [-0.25, -0.2) is 0 Å². The Bertz CT molecular complexity index is 684. The Morgan fingerprint density at radius 3 is 2.30 bits per heavy atom. The maximum Gasteiger partial charge on any atom is 0.258 e. The Hall–Kier alpha value is -2.04. The summed E-state index contributed by atoms with van der Waals surface area (Å²) in [6.07, 6.45) is 2.15. The molecule has 0 aliphatic carbocycles. The van der Waals surface area contributed by atoms with E-state index in [9.17, 15) is 9.59 Å². The number of aryl methyl sites for hydroxylation is 2. The zero-order valence-corrected chi connectivity index (χ0v) is 17.6. The molecule has 1 aliphatic heterocycles. The number of nitrogens with zero attached hydrogens (tertiary/aromatic N) is 1. The predicted molar refractivity (Wildman–Crippen MR) is 108 cm³/mol. The van der Waals surface area contributed by atoms with Gasteiger partial charge in [-0.2, -0.15) is 0 Å². The number of carbonyl (C=O) groups excluding carboxylic acids is 2. The van der Waals surface area contributed by atoms with E-state index in [0.29, 0.717) is 19.5 Å². The quantitative estimate of drug-likeness (QED) is 0.858. The number of likely N-dealkylation sites (tertiary alicyclic amines) is 1. The molecule has 5 nitrogen and oxygen atoms in total. The van der Waals surface area contributed by atoms with Crippen molar-refractivity contribution in [2.24, 2.45) is 5.41 Å². The summed E-state index contributed by atoms with van der Waals surface area (Å²) in [5.74, 6) is 0.906.